The van der Waals surface area contributed by atoms with Crippen LogP contribution < -0.4 is 0 Å². The highest BCUT2D eigenvalue weighted by molar-refractivity contribution is 7.80. The van der Waals surface area contributed by atoms with Crippen LogP contribution >= 0.6 is 12.2 Å². The normalized spacial score (nSPS) is 9.08. The van der Waals surface area contributed by atoms with Crippen LogP contribution in [0.15, 0.2) is 25.3 Å². The third-order valence-corrected chi connectivity index (χ3v) is 1.98. The van der Waals surface area contributed by atoms with Crippen LogP contribution in [0.25, 0.3) is 0 Å². The molecule has 0 saturated carbocycles. The maximum atomic E-state index is 5.24. The van der Waals surface area contributed by atoms with E-state index in [-0.39, 0.29) is 0 Å². The molecular formula is C10H17NS. The van der Waals surface area contributed by atoms with Crippen molar-refractivity contribution in [2.75, 3.05) is 13.1 Å². The third kappa shape index (κ3) is 4.29. The molecule has 0 heterocycles. The largest absolute Gasteiger partial charge is 0.359 e. The van der Waals surface area contributed by atoms with Gasteiger partial charge in [-0.25, -0.2) is 0 Å². The van der Waals surface area contributed by atoms with Crippen molar-refractivity contribution in [2.45, 2.75) is 19.8 Å². The second-order valence-electron chi connectivity index (χ2n) is 2.63. The van der Waals surface area contributed by atoms with E-state index in [0.717, 1.165) is 30.9 Å². The summed E-state index contributed by atoms with van der Waals surface area (Å²) in [4.78, 5) is 3.12. The second kappa shape index (κ2) is 7.04. The summed E-state index contributed by atoms with van der Waals surface area (Å²) in [5.41, 5.74) is 0. The van der Waals surface area contributed by atoms with E-state index in [9.17, 15) is 0 Å². The molecule has 0 aromatic heterocycles. The Kier molecular flexibility index (Phi) is 6.67. The Balaban J connectivity index is 3.97. The first kappa shape index (κ1) is 11.4. The molecule has 0 bridgehead atoms. The summed E-state index contributed by atoms with van der Waals surface area (Å²) in [6.45, 7) is 11.2. The van der Waals surface area contributed by atoms with E-state index in [1.165, 1.54) is 0 Å². The molecule has 68 valence electrons. The minimum absolute atomic E-state index is 0.824. The van der Waals surface area contributed by atoms with E-state index in [4.69, 9.17) is 12.2 Å². The predicted molar refractivity (Wildman–Crippen MR) is 59.5 cm³/mol. The molecule has 12 heavy (non-hydrogen) atoms. The van der Waals surface area contributed by atoms with Gasteiger partial charge >= 0.3 is 0 Å². The minimum atomic E-state index is 0.824. The van der Waals surface area contributed by atoms with Crippen molar-refractivity contribution in [3.8, 4) is 0 Å². The average Bonchev–Trinajstić information content (AvgIpc) is 2.04. The number of rotatable bonds is 6. The fraction of sp³-hybridized carbons (Fsp3) is 0.500. The highest BCUT2D eigenvalue weighted by atomic mass is 32.1. The van der Waals surface area contributed by atoms with Gasteiger partial charge in [0.05, 0.1) is 4.99 Å². The molecule has 0 aliphatic rings. The highest BCUT2D eigenvalue weighted by Crippen LogP contribution is 2.00. The van der Waals surface area contributed by atoms with Crippen LogP contribution in [0.4, 0.5) is 0 Å². The molecule has 0 N–H and O–H groups in total. The molecule has 0 saturated heterocycles. The Morgan fingerprint density at radius 1 is 1.33 bits per heavy atom. The smallest absolute Gasteiger partial charge is 0.0784 e. The molecule has 0 atom stereocenters. The lowest BCUT2D eigenvalue weighted by Crippen LogP contribution is -2.29. The summed E-state index contributed by atoms with van der Waals surface area (Å²) in [7, 11) is 0. The first-order valence-corrected chi connectivity index (χ1v) is 4.66. The highest BCUT2D eigenvalue weighted by Gasteiger charge is 2.03. The molecule has 2 heteroatoms. The van der Waals surface area contributed by atoms with Crippen molar-refractivity contribution in [3.05, 3.63) is 25.3 Å². The summed E-state index contributed by atoms with van der Waals surface area (Å²) in [6, 6.07) is 0. The van der Waals surface area contributed by atoms with Crippen LogP contribution in [0.2, 0.25) is 0 Å². The maximum absolute atomic E-state index is 5.24. The molecule has 0 aliphatic heterocycles. The van der Waals surface area contributed by atoms with E-state index in [2.05, 4.69) is 25.0 Å². The Hall–Kier alpha value is -0.630. The van der Waals surface area contributed by atoms with Gasteiger partial charge in [-0.15, -0.1) is 13.2 Å². The quantitative estimate of drug-likeness (QED) is 0.460. The SMILES string of the molecule is C=CCN(CC=C)C(=S)CCC. The van der Waals surface area contributed by atoms with E-state index in [0.29, 0.717) is 0 Å². The monoisotopic (exact) mass is 183 g/mol. The average molecular weight is 183 g/mol. The summed E-state index contributed by atoms with van der Waals surface area (Å²) < 4.78 is 0. The van der Waals surface area contributed by atoms with Crippen LogP contribution in [0.3, 0.4) is 0 Å². The van der Waals surface area contributed by atoms with Gasteiger partial charge in [0.15, 0.2) is 0 Å². The topological polar surface area (TPSA) is 3.24 Å². The molecule has 0 aliphatic carbocycles. The minimum Gasteiger partial charge on any atom is -0.359 e. The molecule has 0 aromatic rings. The summed E-state index contributed by atoms with van der Waals surface area (Å²) >= 11 is 5.24. The van der Waals surface area contributed by atoms with Crippen LogP contribution in [-0.2, 0) is 0 Å². The van der Waals surface area contributed by atoms with Gasteiger partial charge in [-0.05, 0) is 12.8 Å². The fourth-order valence-electron chi connectivity index (χ4n) is 0.962. The molecule has 0 rings (SSSR count). The number of hydrogen-bond acceptors (Lipinski definition) is 1. The first-order valence-electron chi connectivity index (χ1n) is 4.25. The van der Waals surface area contributed by atoms with Crippen molar-refractivity contribution < 1.29 is 0 Å². The number of thiocarbonyl (C=S) groups is 1. The lowest BCUT2D eigenvalue weighted by atomic mass is 10.3. The molecular weight excluding hydrogens is 166 g/mol. The van der Waals surface area contributed by atoms with Gasteiger partial charge in [-0.1, -0.05) is 31.3 Å². The Labute approximate surface area is 80.8 Å². The summed E-state index contributed by atoms with van der Waals surface area (Å²) in [5, 5.41) is 0. The van der Waals surface area contributed by atoms with Gasteiger partial charge in [0, 0.05) is 13.1 Å². The number of hydrogen-bond donors (Lipinski definition) is 0. The standard InChI is InChI=1S/C10H17NS/c1-4-7-10(12)11(8-5-2)9-6-3/h5-6H,2-4,7-9H2,1H3. The van der Waals surface area contributed by atoms with Crippen molar-refractivity contribution in [1.82, 2.24) is 4.90 Å². The van der Waals surface area contributed by atoms with Crippen LogP contribution in [0.5, 0.6) is 0 Å². The Bertz CT molecular complexity index is 153. The molecule has 0 fully saturated rings. The van der Waals surface area contributed by atoms with Crippen molar-refractivity contribution >= 4 is 17.2 Å². The van der Waals surface area contributed by atoms with Crippen molar-refractivity contribution in [2.24, 2.45) is 0 Å². The van der Waals surface area contributed by atoms with E-state index >= 15 is 0 Å². The van der Waals surface area contributed by atoms with Gasteiger partial charge in [0.2, 0.25) is 0 Å². The van der Waals surface area contributed by atoms with Gasteiger partial charge < -0.3 is 4.90 Å². The first-order chi connectivity index (χ1) is 5.76. The van der Waals surface area contributed by atoms with Gasteiger partial charge in [0.1, 0.15) is 0 Å². The van der Waals surface area contributed by atoms with Gasteiger partial charge in [-0.2, -0.15) is 0 Å². The lowest BCUT2D eigenvalue weighted by molar-refractivity contribution is 0.510. The lowest BCUT2D eigenvalue weighted by Gasteiger charge is -2.21. The van der Waals surface area contributed by atoms with Crippen molar-refractivity contribution in [3.63, 3.8) is 0 Å². The van der Waals surface area contributed by atoms with E-state index in [1.54, 1.807) is 0 Å². The second-order valence-corrected chi connectivity index (χ2v) is 3.10. The van der Waals surface area contributed by atoms with Gasteiger partial charge in [0.25, 0.3) is 0 Å². The predicted octanol–water partition coefficient (Wildman–Crippen LogP) is 2.79. The molecule has 0 aromatic carbocycles. The third-order valence-electron chi connectivity index (χ3n) is 1.52. The van der Waals surface area contributed by atoms with Gasteiger partial charge in [-0.3, -0.25) is 0 Å². The molecule has 0 spiro atoms. The maximum Gasteiger partial charge on any atom is 0.0784 e. The molecule has 0 unspecified atom stereocenters. The van der Waals surface area contributed by atoms with Crippen LogP contribution in [0, 0.1) is 0 Å². The fourth-order valence-corrected chi connectivity index (χ4v) is 1.32. The van der Waals surface area contributed by atoms with Crippen LogP contribution in [0.1, 0.15) is 19.8 Å². The Morgan fingerprint density at radius 2 is 1.83 bits per heavy atom. The zero-order valence-electron chi connectivity index (χ0n) is 7.75. The zero-order valence-corrected chi connectivity index (χ0v) is 8.57. The van der Waals surface area contributed by atoms with Crippen molar-refractivity contribution in [1.29, 1.82) is 0 Å². The Morgan fingerprint density at radius 3 is 2.17 bits per heavy atom. The molecule has 0 radical (unpaired) electrons. The summed E-state index contributed by atoms with van der Waals surface area (Å²) in [5.74, 6) is 0. The number of nitrogens with zero attached hydrogens (tertiary/aromatic N) is 1. The zero-order chi connectivity index (χ0) is 9.40. The molecule has 0 amide bonds. The summed E-state index contributed by atoms with van der Waals surface area (Å²) in [6.07, 6.45) is 5.82. The molecule has 1 nitrogen and oxygen atoms in total. The van der Waals surface area contributed by atoms with Crippen LogP contribution in [-0.4, -0.2) is 23.0 Å². The van der Waals surface area contributed by atoms with E-state index in [1.807, 2.05) is 12.2 Å². The van der Waals surface area contributed by atoms with E-state index < -0.39 is 0 Å².